The first-order valence-electron chi connectivity index (χ1n) is 12.7. The van der Waals surface area contributed by atoms with E-state index in [4.69, 9.17) is 4.99 Å². The Hall–Kier alpha value is -1.15. The SMILES string of the molecule is CC=C(C)C1C=CC=CC1C(CC(C)(CCCC)C(CCCC)=NC)N1CCCC1. The smallest absolute Gasteiger partial charge is 0.0276 e. The molecule has 2 nitrogen and oxygen atoms in total. The summed E-state index contributed by atoms with van der Waals surface area (Å²) in [5.74, 6) is 1.09. The number of hydrogen-bond acceptors (Lipinski definition) is 2. The molecule has 0 saturated carbocycles. The zero-order valence-electron chi connectivity index (χ0n) is 20.8. The molecule has 2 rings (SSSR count). The van der Waals surface area contributed by atoms with Crippen LogP contribution in [0, 0.1) is 17.3 Å². The number of likely N-dealkylation sites (tertiary alicyclic amines) is 1. The predicted octanol–water partition coefficient (Wildman–Crippen LogP) is 7.62. The van der Waals surface area contributed by atoms with Gasteiger partial charge in [-0.3, -0.25) is 9.89 Å². The highest BCUT2D eigenvalue weighted by molar-refractivity contribution is 5.90. The van der Waals surface area contributed by atoms with Gasteiger partial charge in [-0.15, -0.1) is 0 Å². The lowest BCUT2D eigenvalue weighted by atomic mass is 9.68. The van der Waals surface area contributed by atoms with E-state index in [9.17, 15) is 0 Å². The lowest BCUT2D eigenvalue weighted by molar-refractivity contribution is 0.133. The summed E-state index contributed by atoms with van der Waals surface area (Å²) < 4.78 is 0. The number of unbranched alkanes of at least 4 members (excludes halogenated alkanes) is 2. The van der Waals surface area contributed by atoms with E-state index in [1.807, 2.05) is 7.05 Å². The second-order valence-electron chi connectivity index (χ2n) is 9.86. The summed E-state index contributed by atoms with van der Waals surface area (Å²) in [6, 6.07) is 0.592. The highest BCUT2D eigenvalue weighted by Gasteiger charge is 2.40. The normalized spacial score (nSPS) is 26.2. The molecule has 1 fully saturated rings. The van der Waals surface area contributed by atoms with Crippen LogP contribution in [-0.4, -0.2) is 36.8 Å². The fourth-order valence-electron chi connectivity index (χ4n) is 5.64. The molecule has 1 aliphatic heterocycles. The first-order chi connectivity index (χ1) is 14.5. The maximum absolute atomic E-state index is 4.90. The summed E-state index contributed by atoms with van der Waals surface area (Å²) in [7, 11) is 2.04. The molecule has 2 aliphatic rings. The van der Waals surface area contributed by atoms with Gasteiger partial charge in [-0.1, -0.05) is 76.0 Å². The zero-order valence-corrected chi connectivity index (χ0v) is 20.8. The number of aliphatic imine (C=N–C) groups is 1. The second-order valence-corrected chi connectivity index (χ2v) is 9.86. The number of rotatable bonds is 12. The average Bonchev–Trinajstić information content (AvgIpc) is 3.31. The van der Waals surface area contributed by atoms with Gasteiger partial charge in [0.2, 0.25) is 0 Å². The molecule has 0 bridgehead atoms. The van der Waals surface area contributed by atoms with Crippen molar-refractivity contribution in [1.82, 2.24) is 4.90 Å². The Morgan fingerprint density at radius 1 is 1.13 bits per heavy atom. The first kappa shape index (κ1) is 25.1. The van der Waals surface area contributed by atoms with Gasteiger partial charge in [0.1, 0.15) is 0 Å². The molecule has 0 aromatic rings. The van der Waals surface area contributed by atoms with Gasteiger partial charge in [0.25, 0.3) is 0 Å². The summed E-state index contributed by atoms with van der Waals surface area (Å²) in [6.45, 7) is 14.2. The van der Waals surface area contributed by atoms with Crippen LogP contribution >= 0.6 is 0 Å². The third-order valence-electron chi connectivity index (χ3n) is 7.69. The average molecular weight is 413 g/mol. The van der Waals surface area contributed by atoms with Crippen LogP contribution in [0.5, 0.6) is 0 Å². The van der Waals surface area contributed by atoms with Gasteiger partial charge in [0.15, 0.2) is 0 Å². The fourth-order valence-corrected chi connectivity index (χ4v) is 5.64. The molecule has 0 radical (unpaired) electrons. The van der Waals surface area contributed by atoms with Crippen LogP contribution in [0.15, 0.2) is 40.9 Å². The Labute approximate surface area is 187 Å². The Balaban J connectivity index is 2.38. The minimum Gasteiger partial charge on any atom is -0.300 e. The molecule has 0 aromatic heterocycles. The molecule has 0 N–H and O–H groups in total. The van der Waals surface area contributed by atoms with Crippen LogP contribution in [0.1, 0.15) is 92.4 Å². The van der Waals surface area contributed by atoms with Crippen molar-refractivity contribution in [3.63, 3.8) is 0 Å². The van der Waals surface area contributed by atoms with Crippen LogP contribution < -0.4 is 0 Å². The summed E-state index contributed by atoms with van der Waals surface area (Å²) in [6.07, 6.45) is 23.3. The van der Waals surface area contributed by atoms with Gasteiger partial charge >= 0.3 is 0 Å². The molecule has 1 heterocycles. The van der Waals surface area contributed by atoms with E-state index in [2.05, 4.69) is 69.9 Å². The van der Waals surface area contributed by atoms with Gasteiger partial charge in [0.05, 0.1) is 0 Å². The van der Waals surface area contributed by atoms with Crippen molar-refractivity contribution in [3.8, 4) is 0 Å². The fraction of sp³-hybridized carbons (Fsp3) is 0.750. The molecular formula is C28H48N2. The van der Waals surface area contributed by atoms with Crippen molar-refractivity contribution in [1.29, 1.82) is 0 Å². The van der Waals surface area contributed by atoms with Crippen molar-refractivity contribution in [2.45, 2.75) is 98.4 Å². The Bertz CT molecular complexity index is 621. The minimum atomic E-state index is 0.205. The molecule has 170 valence electrons. The summed E-state index contributed by atoms with van der Waals surface area (Å²) in [5.41, 5.74) is 3.18. The van der Waals surface area contributed by atoms with E-state index in [1.165, 1.54) is 75.7 Å². The van der Waals surface area contributed by atoms with Crippen LogP contribution in [0.2, 0.25) is 0 Å². The maximum Gasteiger partial charge on any atom is 0.0276 e. The van der Waals surface area contributed by atoms with Gasteiger partial charge in [-0.2, -0.15) is 0 Å². The van der Waals surface area contributed by atoms with Crippen molar-refractivity contribution < 1.29 is 0 Å². The first-order valence-corrected chi connectivity index (χ1v) is 12.7. The van der Waals surface area contributed by atoms with Crippen molar-refractivity contribution in [3.05, 3.63) is 36.0 Å². The summed E-state index contributed by atoms with van der Waals surface area (Å²) in [5, 5.41) is 0. The van der Waals surface area contributed by atoms with Gasteiger partial charge in [-0.05, 0) is 65.5 Å². The minimum absolute atomic E-state index is 0.205. The van der Waals surface area contributed by atoms with E-state index in [0.29, 0.717) is 17.9 Å². The Morgan fingerprint density at radius 2 is 1.80 bits per heavy atom. The summed E-state index contributed by atoms with van der Waals surface area (Å²) >= 11 is 0. The Morgan fingerprint density at radius 3 is 2.40 bits per heavy atom. The van der Waals surface area contributed by atoms with Gasteiger partial charge < -0.3 is 0 Å². The van der Waals surface area contributed by atoms with Crippen LogP contribution in [-0.2, 0) is 0 Å². The number of allylic oxidation sites excluding steroid dienone is 5. The Kier molecular flexibility index (Phi) is 10.6. The molecule has 0 aromatic carbocycles. The van der Waals surface area contributed by atoms with Crippen LogP contribution in [0.25, 0.3) is 0 Å². The predicted molar refractivity (Wildman–Crippen MR) is 134 cm³/mol. The van der Waals surface area contributed by atoms with E-state index < -0.39 is 0 Å². The van der Waals surface area contributed by atoms with E-state index in [1.54, 1.807) is 0 Å². The number of nitrogens with zero attached hydrogens (tertiary/aromatic N) is 2. The molecule has 0 amide bonds. The van der Waals surface area contributed by atoms with Gasteiger partial charge in [0, 0.05) is 36.1 Å². The molecule has 1 aliphatic carbocycles. The third kappa shape index (κ3) is 6.42. The van der Waals surface area contributed by atoms with E-state index in [-0.39, 0.29) is 5.41 Å². The van der Waals surface area contributed by atoms with E-state index in [0.717, 1.165) is 6.42 Å². The highest BCUT2D eigenvalue weighted by Crippen LogP contribution is 2.41. The molecule has 1 saturated heterocycles. The molecule has 4 atom stereocenters. The van der Waals surface area contributed by atoms with Crippen molar-refractivity contribution in [2.24, 2.45) is 22.2 Å². The molecule has 30 heavy (non-hydrogen) atoms. The largest absolute Gasteiger partial charge is 0.300 e. The van der Waals surface area contributed by atoms with Crippen molar-refractivity contribution in [2.75, 3.05) is 20.1 Å². The topological polar surface area (TPSA) is 15.6 Å². The lowest BCUT2D eigenvalue weighted by Crippen LogP contribution is -2.46. The maximum atomic E-state index is 4.90. The zero-order chi connectivity index (χ0) is 22.0. The van der Waals surface area contributed by atoms with E-state index >= 15 is 0 Å². The molecular weight excluding hydrogens is 364 g/mol. The number of hydrogen-bond donors (Lipinski definition) is 0. The third-order valence-corrected chi connectivity index (χ3v) is 7.69. The molecule has 4 unspecified atom stereocenters. The summed E-state index contributed by atoms with van der Waals surface area (Å²) in [4.78, 5) is 7.72. The van der Waals surface area contributed by atoms with Crippen LogP contribution in [0.4, 0.5) is 0 Å². The van der Waals surface area contributed by atoms with Crippen LogP contribution in [0.3, 0.4) is 0 Å². The van der Waals surface area contributed by atoms with Gasteiger partial charge in [-0.25, -0.2) is 0 Å². The standard InChI is InChI=1S/C28H48N2/c1-7-10-18-27(29-6)28(5,19-11-8-2)22-26(30-20-14-15-21-30)25-17-13-12-16-24(25)23(4)9-3/h9,12-13,16-17,24-26H,7-8,10-11,14-15,18-22H2,1-6H3. The highest BCUT2D eigenvalue weighted by atomic mass is 15.2. The monoisotopic (exact) mass is 412 g/mol. The molecule has 2 heteroatoms. The van der Waals surface area contributed by atoms with Crippen molar-refractivity contribution >= 4 is 5.71 Å². The quantitative estimate of drug-likeness (QED) is 0.238. The molecule has 0 spiro atoms. The second kappa shape index (κ2) is 12.6. The lowest BCUT2D eigenvalue weighted by Gasteiger charge is -2.44.